The van der Waals surface area contributed by atoms with Gasteiger partial charge in [-0.3, -0.25) is 10.1 Å². The van der Waals surface area contributed by atoms with Crippen LogP contribution in [0.4, 0.5) is 5.13 Å². The number of aromatic nitrogens is 2. The predicted molar refractivity (Wildman–Crippen MR) is 111 cm³/mol. The molecule has 1 N–H and O–H groups in total. The number of anilines is 1. The van der Waals surface area contributed by atoms with Crippen LogP contribution in [-0.2, 0) is 11.2 Å². The first-order valence-corrected chi connectivity index (χ1v) is 9.84. The van der Waals surface area contributed by atoms with Gasteiger partial charge >= 0.3 is 0 Å². The highest BCUT2D eigenvalue weighted by atomic mass is 35.5. The van der Waals surface area contributed by atoms with E-state index in [0.29, 0.717) is 30.3 Å². The van der Waals surface area contributed by atoms with Crippen molar-refractivity contribution in [2.45, 2.75) is 13.3 Å². The van der Waals surface area contributed by atoms with E-state index in [0.717, 1.165) is 21.0 Å². The minimum atomic E-state index is -0.324. The molecule has 1 amide bonds. The van der Waals surface area contributed by atoms with Crippen molar-refractivity contribution in [1.29, 1.82) is 0 Å². The number of nitrogens with zero attached hydrogens (tertiary/aromatic N) is 2. The van der Waals surface area contributed by atoms with Crippen molar-refractivity contribution in [1.82, 2.24) is 9.97 Å². The maximum absolute atomic E-state index is 12.6. The number of carbonyl (C=O) groups excluding carboxylic acids is 1. The first-order valence-electron chi connectivity index (χ1n) is 8.65. The van der Waals surface area contributed by atoms with Gasteiger partial charge < -0.3 is 9.47 Å². The van der Waals surface area contributed by atoms with Gasteiger partial charge in [-0.2, -0.15) is 0 Å². The van der Waals surface area contributed by atoms with E-state index >= 15 is 0 Å². The zero-order valence-corrected chi connectivity index (χ0v) is 17.1. The van der Waals surface area contributed by atoms with Gasteiger partial charge in [0.05, 0.1) is 6.61 Å². The quantitative estimate of drug-likeness (QED) is 0.551. The van der Waals surface area contributed by atoms with Crippen molar-refractivity contribution in [2.75, 3.05) is 25.6 Å². The number of halogens is 1. The molecule has 0 bridgehead atoms. The van der Waals surface area contributed by atoms with Gasteiger partial charge in [0.15, 0.2) is 5.13 Å². The van der Waals surface area contributed by atoms with E-state index in [4.69, 9.17) is 21.1 Å². The van der Waals surface area contributed by atoms with E-state index < -0.39 is 0 Å². The number of hydrogen-bond acceptors (Lipinski definition) is 6. The third-order valence-corrected chi connectivity index (χ3v) is 5.41. The number of pyridine rings is 1. The molecule has 0 atom stereocenters. The Labute approximate surface area is 172 Å². The Morgan fingerprint density at radius 1 is 1.21 bits per heavy atom. The Morgan fingerprint density at radius 2 is 2.07 bits per heavy atom. The SMILES string of the molecule is COCCOc1ncccc1C(=O)Nc1ncc(Cc2cccc(C)c2Cl)s1. The van der Waals surface area contributed by atoms with Gasteiger partial charge in [-0.25, -0.2) is 9.97 Å². The van der Waals surface area contributed by atoms with E-state index in [1.807, 2.05) is 25.1 Å². The van der Waals surface area contributed by atoms with E-state index in [1.165, 1.54) is 11.3 Å². The van der Waals surface area contributed by atoms with E-state index in [2.05, 4.69) is 15.3 Å². The number of methoxy groups -OCH3 is 1. The van der Waals surface area contributed by atoms with Crippen LogP contribution >= 0.6 is 22.9 Å². The summed E-state index contributed by atoms with van der Waals surface area (Å²) in [4.78, 5) is 22.0. The smallest absolute Gasteiger partial charge is 0.262 e. The molecule has 0 aliphatic rings. The lowest BCUT2D eigenvalue weighted by molar-refractivity contribution is 0.101. The van der Waals surface area contributed by atoms with Crippen molar-refractivity contribution in [2.24, 2.45) is 0 Å². The molecule has 0 saturated heterocycles. The Kier molecular flexibility index (Phi) is 6.97. The standard InChI is InChI=1S/C20H20ClN3O3S/c1-13-5-3-6-14(17(13)21)11-15-12-23-20(28-15)24-18(25)16-7-4-8-22-19(16)27-10-9-26-2/h3-8,12H,9-11H2,1-2H3,(H,23,24,25). The monoisotopic (exact) mass is 417 g/mol. The molecule has 0 radical (unpaired) electrons. The second-order valence-corrected chi connectivity index (χ2v) is 7.50. The summed E-state index contributed by atoms with van der Waals surface area (Å²) in [6.07, 6.45) is 3.98. The largest absolute Gasteiger partial charge is 0.475 e. The third kappa shape index (κ3) is 5.07. The van der Waals surface area contributed by atoms with Gasteiger partial charge in [0.2, 0.25) is 5.88 Å². The second kappa shape index (κ2) is 9.64. The average Bonchev–Trinajstić information content (AvgIpc) is 3.13. The van der Waals surface area contributed by atoms with Gasteiger partial charge in [-0.1, -0.05) is 29.8 Å². The Morgan fingerprint density at radius 3 is 2.89 bits per heavy atom. The normalized spacial score (nSPS) is 10.7. The van der Waals surface area contributed by atoms with Gasteiger partial charge in [-0.15, -0.1) is 11.3 Å². The summed E-state index contributed by atoms with van der Waals surface area (Å²) < 4.78 is 10.5. The zero-order chi connectivity index (χ0) is 19.9. The van der Waals surface area contributed by atoms with Crippen molar-refractivity contribution < 1.29 is 14.3 Å². The molecular weight excluding hydrogens is 398 g/mol. The Hall–Kier alpha value is -2.48. The number of amides is 1. The van der Waals surface area contributed by atoms with Crippen molar-refractivity contribution in [3.8, 4) is 5.88 Å². The second-order valence-electron chi connectivity index (χ2n) is 6.01. The van der Waals surface area contributed by atoms with Crippen LogP contribution in [0.2, 0.25) is 5.02 Å². The first-order chi connectivity index (χ1) is 13.6. The summed E-state index contributed by atoms with van der Waals surface area (Å²) in [7, 11) is 1.58. The van der Waals surface area contributed by atoms with Gasteiger partial charge in [0.25, 0.3) is 5.91 Å². The lowest BCUT2D eigenvalue weighted by Crippen LogP contribution is -2.15. The summed E-state index contributed by atoms with van der Waals surface area (Å²) in [5.41, 5.74) is 2.41. The molecular formula is C20H20ClN3O3S. The number of benzene rings is 1. The Balaban J connectivity index is 1.68. The molecule has 0 spiro atoms. The van der Waals surface area contributed by atoms with Crippen LogP contribution in [0.5, 0.6) is 5.88 Å². The highest BCUT2D eigenvalue weighted by Crippen LogP contribution is 2.27. The number of ether oxygens (including phenoxy) is 2. The fourth-order valence-electron chi connectivity index (χ4n) is 2.54. The molecule has 2 heterocycles. The van der Waals surface area contributed by atoms with Crippen molar-refractivity contribution in [3.05, 3.63) is 69.3 Å². The van der Waals surface area contributed by atoms with Gasteiger partial charge in [0.1, 0.15) is 12.2 Å². The van der Waals surface area contributed by atoms with Crippen LogP contribution in [0.25, 0.3) is 0 Å². The van der Waals surface area contributed by atoms with E-state index in [9.17, 15) is 4.79 Å². The number of carbonyl (C=O) groups is 1. The van der Waals surface area contributed by atoms with E-state index in [1.54, 1.807) is 31.6 Å². The van der Waals surface area contributed by atoms with Crippen molar-refractivity contribution in [3.63, 3.8) is 0 Å². The molecule has 0 unspecified atom stereocenters. The molecule has 2 aromatic heterocycles. The highest BCUT2D eigenvalue weighted by molar-refractivity contribution is 7.15. The molecule has 3 rings (SSSR count). The summed E-state index contributed by atoms with van der Waals surface area (Å²) in [5, 5.41) is 4.07. The third-order valence-electron chi connectivity index (χ3n) is 3.95. The van der Waals surface area contributed by atoms with Crippen LogP contribution in [0.15, 0.2) is 42.7 Å². The maximum Gasteiger partial charge on any atom is 0.262 e. The first kappa shape index (κ1) is 20.3. The van der Waals surface area contributed by atoms with Crippen LogP contribution in [0, 0.1) is 6.92 Å². The van der Waals surface area contributed by atoms with Gasteiger partial charge in [-0.05, 0) is 30.2 Å². The summed E-state index contributed by atoms with van der Waals surface area (Å²) in [6, 6.07) is 9.29. The molecule has 6 nitrogen and oxygen atoms in total. The predicted octanol–water partition coefficient (Wildman–Crippen LogP) is 4.37. The maximum atomic E-state index is 12.6. The Bertz CT molecular complexity index is 961. The molecule has 0 saturated carbocycles. The lowest BCUT2D eigenvalue weighted by atomic mass is 10.1. The van der Waals surface area contributed by atoms with Crippen molar-refractivity contribution >= 4 is 34.0 Å². The molecule has 8 heteroatoms. The minimum absolute atomic E-state index is 0.264. The minimum Gasteiger partial charge on any atom is -0.475 e. The summed E-state index contributed by atoms with van der Waals surface area (Å²) in [6.45, 7) is 2.70. The highest BCUT2D eigenvalue weighted by Gasteiger charge is 2.16. The number of rotatable bonds is 8. The van der Waals surface area contributed by atoms with Crippen LogP contribution in [-0.4, -0.2) is 36.2 Å². The number of thiazole rings is 1. The fraction of sp³-hybridized carbons (Fsp3) is 0.250. The van der Waals surface area contributed by atoms with Crippen LogP contribution < -0.4 is 10.1 Å². The number of aryl methyl sites for hydroxylation is 1. The zero-order valence-electron chi connectivity index (χ0n) is 15.6. The molecule has 0 aliphatic heterocycles. The molecule has 146 valence electrons. The number of nitrogens with one attached hydrogen (secondary N) is 1. The summed E-state index contributed by atoms with van der Waals surface area (Å²) in [5.74, 6) is -0.0598. The topological polar surface area (TPSA) is 73.3 Å². The van der Waals surface area contributed by atoms with Crippen LogP contribution in [0.3, 0.4) is 0 Å². The molecule has 1 aromatic carbocycles. The van der Waals surface area contributed by atoms with E-state index in [-0.39, 0.29) is 11.8 Å². The molecule has 28 heavy (non-hydrogen) atoms. The average molecular weight is 418 g/mol. The molecule has 0 fully saturated rings. The lowest BCUT2D eigenvalue weighted by Gasteiger charge is -2.09. The fourth-order valence-corrected chi connectivity index (χ4v) is 3.57. The summed E-state index contributed by atoms with van der Waals surface area (Å²) >= 11 is 7.78. The van der Waals surface area contributed by atoms with Crippen LogP contribution in [0.1, 0.15) is 26.4 Å². The number of hydrogen-bond donors (Lipinski definition) is 1. The van der Waals surface area contributed by atoms with Gasteiger partial charge in [0, 0.05) is 35.8 Å². The molecule has 3 aromatic rings. The molecule has 0 aliphatic carbocycles.